The van der Waals surface area contributed by atoms with Crippen LogP contribution in [0.5, 0.6) is 0 Å². The molecule has 0 aliphatic carbocycles. The molecule has 0 aromatic heterocycles. The molecule has 0 fully saturated rings. The Morgan fingerprint density at radius 1 is 1.10 bits per heavy atom. The summed E-state index contributed by atoms with van der Waals surface area (Å²) in [5.74, 6) is -1.71. The lowest BCUT2D eigenvalue weighted by Gasteiger charge is -2.36. The number of non-ortho nitro benzene ring substituents is 1. The summed E-state index contributed by atoms with van der Waals surface area (Å²) in [6.07, 6.45) is 0. The monoisotopic (exact) mass is 390 g/mol. The Labute approximate surface area is 166 Å². The summed E-state index contributed by atoms with van der Waals surface area (Å²) >= 11 is 0. The van der Waals surface area contributed by atoms with E-state index in [-0.39, 0.29) is 17.0 Å². The van der Waals surface area contributed by atoms with E-state index < -0.39 is 33.2 Å². The van der Waals surface area contributed by atoms with Crippen LogP contribution in [0, 0.1) is 72.2 Å². The number of nitro groups is 1. The predicted molar refractivity (Wildman–Crippen MR) is 96.4 cm³/mol. The van der Waals surface area contributed by atoms with Gasteiger partial charge >= 0.3 is 5.97 Å². The van der Waals surface area contributed by atoms with Gasteiger partial charge in [-0.3, -0.25) is 15.1 Å². The van der Waals surface area contributed by atoms with Crippen LogP contribution in [0.25, 0.3) is 0 Å². The van der Waals surface area contributed by atoms with Crippen LogP contribution in [0.1, 0.15) is 19.4 Å². The molecule has 10 heteroatoms. The molecule has 0 N–H and O–H groups in total. The summed E-state index contributed by atoms with van der Waals surface area (Å²) in [5, 5.41) is 50.8. The van der Waals surface area contributed by atoms with Crippen molar-refractivity contribution in [3.8, 4) is 24.3 Å². The van der Waals surface area contributed by atoms with Crippen molar-refractivity contribution in [2.75, 3.05) is 7.11 Å². The maximum atomic E-state index is 13.0. The molecule has 1 atom stereocenters. The van der Waals surface area contributed by atoms with Crippen LogP contribution in [0.2, 0.25) is 0 Å². The van der Waals surface area contributed by atoms with Crippen LogP contribution in [-0.4, -0.2) is 23.7 Å². The van der Waals surface area contributed by atoms with Crippen molar-refractivity contribution in [1.29, 1.82) is 21.0 Å². The van der Waals surface area contributed by atoms with Crippen LogP contribution >= 0.6 is 0 Å². The van der Waals surface area contributed by atoms with Crippen molar-refractivity contribution in [3.05, 3.63) is 39.9 Å². The zero-order valence-corrected chi connectivity index (χ0v) is 15.7. The first-order chi connectivity index (χ1) is 13.7. The second kappa shape index (κ2) is 7.03. The van der Waals surface area contributed by atoms with Gasteiger partial charge in [-0.25, -0.2) is 4.79 Å². The van der Waals surface area contributed by atoms with Crippen molar-refractivity contribution in [2.24, 2.45) is 21.7 Å². The third-order valence-corrected chi connectivity index (χ3v) is 4.97. The topological polar surface area (TPSA) is 177 Å². The number of benzene rings is 1. The molecule has 144 valence electrons. The number of carbonyl (C=O) groups is 1. The molecule has 0 amide bonds. The molecule has 1 aromatic carbocycles. The summed E-state index contributed by atoms with van der Waals surface area (Å²) < 4.78 is 4.84. The minimum absolute atomic E-state index is 0.0800. The second-order valence-electron chi connectivity index (χ2n) is 6.60. The summed E-state index contributed by atoms with van der Waals surface area (Å²) in [5.41, 5.74) is -7.83. The average molecular weight is 390 g/mol. The first-order valence-corrected chi connectivity index (χ1v) is 8.26. The van der Waals surface area contributed by atoms with Gasteiger partial charge in [-0.05, 0) is 23.6 Å². The molecule has 10 nitrogen and oxygen atoms in total. The fourth-order valence-electron chi connectivity index (χ4n) is 3.61. The largest absolute Gasteiger partial charge is 0.467 e. The lowest BCUT2D eigenvalue weighted by molar-refractivity contribution is -0.384. The fraction of sp³-hybridized carbons (Fsp3) is 0.368. The Bertz CT molecular complexity index is 1050. The highest BCUT2D eigenvalue weighted by Gasteiger charge is 2.77. The van der Waals surface area contributed by atoms with Gasteiger partial charge in [0.05, 0.1) is 42.0 Å². The summed E-state index contributed by atoms with van der Waals surface area (Å²) in [4.78, 5) is 27.6. The molecule has 1 aliphatic rings. The number of rotatable bonds is 4. The second-order valence-corrected chi connectivity index (χ2v) is 6.60. The highest BCUT2D eigenvalue weighted by Crippen LogP contribution is 2.60. The number of methoxy groups -OCH3 is 1. The molecular formula is C19H14N6O4. The molecule has 1 aliphatic heterocycles. The number of carbonyl (C=O) groups excluding carboxylic acids is 1. The van der Waals surface area contributed by atoms with Gasteiger partial charge in [0.1, 0.15) is 0 Å². The number of hydrogen-bond acceptors (Lipinski definition) is 9. The van der Waals surface area contributed by atoms with E-state index >= 15 is 0 Å². The predicted octanol–water partition coefficient (Wildman–Crippen LogP) is 2.14. The summed E-state index contributed by atoms with van der Waals surface area (Å²) in [6.45, 7) is 3.20. The zero-order chi connectivity index (χ0) is 22.0. The smallest absolute Gasteiger partial charge is 0.341 e. The van der Waals surface area contributed by atoms with E-state index in [0.29, 0.717) is 0 Å². The molecule has 0 bridgehead atoms. The first kappa shape index (κ1) is 21.0. The molecule has 0 spiro atoms. The molecule has 0 saturated carbocycles. The van der Waals surface area contributed by atoms with Gasteiger partial charge in [0.2, 0.25) is 16.4 Å². The van der Waals surface area contributed by atoms with Crippen molar-refractivity contribution < 1.29 is 14.5 Å². The Morgan fingerprint density at radius 2 is 1.62 bits per heavy atom. The molecule has 1 aromatic rings. The van der Waals surface area contributed by atoms with Crippen LogP contribution < -0.4 is 0 Å². The van der Waals surface area contributed by atoms with Gasteiger partial charge in [0, 0.05) is 12.1 Å². The maximum absolute atomic E-state index is 13.0. The Hall–Kier alpha value is -4.28. The molecule has 1 unspecified atom stereocenters. The molecule has 0 saturated heterocycles. The van der Waals surface area contributed by atoms with Crippen molar-refractivity contribution in [3.63, 3.8) is 0 Å². The van der Waals surface area contributed by atoms with Gasteiger partial charge in [0.25, 0.3) is 5.69 Å². The van der Waals surface area contributed by atoms with Crippen LogP contribution in [0.15, 0.2) is 29.3 Å². The van der Waals surface area contributed by atoms with Crippen LogP contribution in [0.4, 0.5) is 5.69 Å². The lowest BCUT2D eigenvalue weighted by Crippen LogP contribution is -2.54. The quantitative estimate of drug-likeness (QED) is 0.426. The molecule has 2 rings (SSSR count). The standard InChI is InChI=1S/C19H14N6O4/c1-12(2)15-17(8-20,9-21)18(10-22,11-23)19(24-15,16(26)29-3)13-4-6-14(7-5-13)25(27)28/h4-7,12H,1-3H3. The highest BCUT2D eigenvalue weighted by molar-refractivity contribution is 6.06. The SMILES string of the molecule is COC(=O)C1(c2ccc([N+](=O)[O-])cc2)N=C(C(C)C)C(C#N)(C#N)C1(C#N)C#N. The number of ether oxygens (including phenoxy) is 1. The zero-order valence-electron chi connectivity index (χ0n) is 15.7. The van der Waals surface area contributed by atoms with Gasteiger partial charge in [-0.1, -0.05) is 13.8 Å². The van der Waals surface area contributed by atoms with E-state index in [9.17, 15) is 36.0 Å². The van der Waals surface area contributed by atoms with Crippen LogP contribution in [0.3, 0.4) is 0 Å². The Kier molecular flexibility index (Phi) is 5.10. The molecule has 0 radical (unpaired) electrons. The van der Waals surface area contributed by atoms with E-state index in [1.54, 1.807) is 38.1 Å². The number of hydrogen-bond donors (Lipinski definition) is 0. The Morgan fingerprint density at radius 3 is 1.97 bits per heavy atom. The van der Waals surface area contributed by atoms with E-state index in [0.717, 1.165) is 31.4 Å². The Balaban J connectivity index is 3.08. The van der Waals surface area contributed by atoms with Gasteiger partial charge in [-0.15, -0.1) is 0 Å². The maximum Gasteiger partial charge on any atom is 0.341 e. The first-order valence-electron chi connectivity index (χ1n) is 8.26. The number of aliphatic imine (C=N–C) groups is 1. The van der Waals surface area contributed by atoms with Gasteiger partial charge in [-0.2, -0.15) is 21.0 Å². The van der Waals surface area contributed by atoms with E-state index in [2.05, 4.69) is 4.99 Å². The summed E-state index contributed by atoms with van der Waals surface area (Å²) in [7, 11) is 1.01. The van der Waals surface area contributed by atoms with Crippen molar-refractivity contribution in [1.82, 2.24) is 0 Å². The van der Waals surface area contributed by atoms with Gasteiger partial charge in [0.15, 0.2) is 0 Å². The van der Waals surface area contributed by atoms with Crippen molar-refractivity contribution >= 4 is 17.4 Å². The average Bonchev–Trinajstić information content (AvgIpc) is 3.01. The normalized spacial score (nSPS) is 21.0. The van der Waals surface area contributed by atoms with Crippen LogP contribution in [-0.2, 0) is 15.1 Å². The summed E-state index contributed by atoms with van der Waals surface area (Å²) in [6, 6.07) is 11.3. The van der Waals surface area contributed by atoms with Gasteiger partial charge < -0.3 is 4.74 Å². The molecular weight excluding hydrogens is 376 g/mol. The van der Waals surface area contributed by atoms with Crippen molar-refractivity contribution in [2.45, 2.75) is 19.4 Å². The minimum atomic E-state index is -2.59. The molecule has 1 heterocycles. The minimum Gasteiger partial charge on any atom is -0.467 e. The number of nitro benzene ring substituents is 1. The number of nitrogens with zero attached hydrogens (tertiary/aromatic N) is 6. The highest BCUT2D eigenvalue weighted by atomic mass is 16.6. The van der Waals surface area contributed by atoms with E-state index in [4.69, 9.17) is 4.74 Å². The lowest BCUT2D eigenvalue weighted by atomic mass is 9.55. The van der Waals surface area contributed by atoms with E-state index in [1.165, 1.54) is 0 Å². The third-order valence-electron chi connectivity index (χ3n) is 4.97. The van der Waals surface area contributed by atoms with E-state index in [1.807, 2.05) is 0 Å². The fourth-order valence-corrected chi connectivity index (χ4v) is 3.61. The third kappa shape index (κ3) is 2.37. The molecule has 29 heavy (non-hydrogen) atoms. The number of esters is 1. The number of nitriles is 4.